The molecule has 1 saturated heterocycles. The maximum atomic E-state index is 8.87. The van der Waals surface area contributed by atoms with Gasteiger partial charge in [-0.15, -0.1) is 0 Å². The van der Waals surface area contributed by atoms with Crippen molar-refractivity contribution in [2.45, 2.75) is 37.3 Å². The number of hydrogen-bond donors (Lipinski definition) is 2. The zero-order chi connectivity index (χ0) is 10.9. The van der Waals surface area contributed by atoms with E-state index in [-0.39, 0.29) is 5.54 Å². The van der Waals surface area contributed by atoms with Crippen LogP contribution in [0.3, 0.4) is 0 Å². The summed E-state index contributed by atoms with van der Waals surface area (Å²) in [5.41, 5.74) is 5.62. The van der Waals surface area contributed by atoms with Crippen LogP contribution >= 0.6 is 11.8 Å². The first kappa shape index (κ1) is 11.3. The molecule has 3 N–H and O–H groups in total. The van der Waals surface area contributed by atoms with Crippen molar-refractivity contribution in [2.75, 3.05) is 18.6 Å². The fourth-order valence-electron chi connectivity index (χ4n) is 2.23. The highest BCUT2D eigenvalue weighted by atomic mass is 32.2. The Bertz CT molecular complexity index is 268. The van der Waals surface area contributed by atoms with E-state index >= 15 is 0 Å². The fourth-order valence-corrected chi connectivity index (χ4v) is 3.42. The second kappa shape index (κ2) is 3.97. The molecule has 15 heavy (non-hydrogen) atoms. The van der Waals surface area contributed by atoms with Gasteiger partial charge in [0.15, 0.2) is 0 Å². The van der Waals surface area contributed by atoms with Gasteiger partial charge in [0.2, 0.25) is 0 Å². The van der Waals surface area contributed by atoms with Crippen molar-refractivity contribution in [3.05, 3.63) is 0 Å². The summed E-state index contributed by atoms with van der Waals surface area (Å²) >= 11 is 2.00. The van der Waals surface area contributed by atoms with E-state index in [0.29, 0.717) is 11.5 Å². The molecule has 2 aliphatic carbocycles. The molecule has 0 unspecified atom stereocenters. The number of thioether (sulfide) groups is 1. The molecule has 0 aromatic heterocycles. The third kappa shape index (κ3) is 2.30. The van der Waals surface area contributed by atoms with Gasteiger partial charge in [0.1, 0.15) is 5.54 Å². The molecule has 0 radical (unpaired) electrons. The van der Waals surface area contributed by atoms with Crippen LogP contribution < -0.4 is 11.1 Å². The van der Waals surface area contributed by atoms with Gasteiger partial charge in [-0.05, 0) is 49.7 Å². The minimum absolute atomic E-state index is 0.166. The summed E-state index contributed by atoms with van der Waals surface area (Å²) in [7, 11) is 1.89. The van der Waals surface area contributed by atoms with Crippen LogP contribution in [0.5, 0.6) is 0 Å². The SMILES string of the molecule is CNC1(C#N)CC2(CSC2)C1.NC1CC1. The molecule has 4 heteroatoms. The lowest BCUT2D eigenvalue weighted by molar-refractivity contribution is 0.0794. The minimum Gasteiger partial charge on any atom is -0.328 e. The molecule has 0 bridgehead atoms. The van der Waals surface area contributed by atoms with Crippen molar-refractivity contribution in [2.24, 2.45) is 11.1 Å². The lowest BCUT2D eigenvalue weighted by Gasteiger charge is -2.57. The van der Waals surface area contributed by atoms with E-state index in [1.54, 1.807) is 0 Å². The monoisotopic (exact) mass is 225 g/mol. The Morgan fingerprint density at radius 3 is 2.13 bits per heavy atom. The largest absolute Gasteiger partial charge is 0.328 e. The van der Waals surface area contributed by atoms with Crippen LogP contribution in [-0.2, 0) is 0 Å². The van der Waals surface area contributed by atoms with Crippen molar-refractivity contribution >= 4 is 11.8 Å². The van der Waals surface area contributed by atoms with Crippen LogP contribution in [0.4, 0.5) is 0 Å². The van der Waals surface area contributed by atoms with Crippen molar-refractivity contribution in [3.63, 3.8) is 0 Å². The van der Waals surface area contributed by atoms with Gasteiger partial charge < -0.3 is 11.1 Å². The maximum Gasteiger partial charge on any atom is 0.107 e. The highest BCUT2D eigenvalue weighted by molar-refractivity contribution is 8.00. The highest BCUT2D eigenvalue weighted by Gasteiger charge is 2.57. The summed E-state index contributed by atoms with van der Waals surface area (Å²) in [4.78, 5) is 0. The van der Waals surface area contributed by atoms with Crippen molar-refractivity contribution in [3.8, 4) is 6.07 Å². The smallest absolute Gasteiger partial charge is 0.107 e. The summed E-state index contributed by atoms with van der Waals surface area (Å²) in [6.45, 7) is 0. The molecule has 2 saturated carbocycles. The van der Waals surface area contributed by atoms with E-state index < -0.39 is 0 Å². The fraction of sp³-hybridized carbons (Fsp3) is 0.909. The number of hydrogen-bond acceptors (Lipinski definition) is 4. The van der Waals surface area contributed by atoms with E-state index in [4.69, 9.17) is 11.0 Å². The molecule has 84 valence electrons. The third-order valence-electron chi connectivity index (χ3n) is 3.48. The zero-order valence-corrected chi connectivity index (χ0v) is 10.1. The lowest BCUT2D eigenvalue weighted by atomic mass is 9.59. The first-order valence-corrected chi connectivity index (χ1v) is 6.73. The second-order valence-corrected chi connectivity index (χ2v) is 6.11. The van der Waals surface area contributed by atoms with Crippen molar-refractivity contribution < 1.29 is 0 Å². The van der Waals surface area contributed by atoms with Gasteiger partial charge in [-0.25, -0.2) is 0 Å². The van der Waals surface area contributed by atoms with Gasteiger partial charge in [0.05, 0.1) is 6.07 Å². The molecule has 3 fully saturated rings. The highest BCUT2D eigenvalue weighted by Crippen LogP contribution is 2.57. The van der Waals surface area contributed by atoms with Crippen LogP contribution in [0.25, 0.3) is 0 Å². The van der Waals surface area contributed by atoms with Gasteiger partial charge in [-0.3, -0.25) is 0 Å². The molecular formula is C11H19N3S. The van der Waals surface area contributed by atoms with E-state index in [2.05, 4.69) is 11.4 Å². The first-order valence-electron chi connectivity index (χ1n) is 5.57. The predicted molar refractivity (Wildman–Crippen MR) is 63.6 cm³/mol. The third-order valence-corrected chi connectivity index (χ3v) is 5.12. The van der Waals surface area contributed by atoms with Crippen LogP contribution in [0.15, 0.2) is 0 Å². The second-order valence-electron chi connectivity index (χ2n) is 5.13. The molecule has 3 aliphatic rings. The average molecular weight is 225 g/mol. The van der Waals surface area contributed by atoms with Crippen LogP contribution in [-0.4, -0.2) is 30.1 Å². The summed E-state index contributed by atoms with van der Waals surface area (Å²) in [5.74, 6) is 2.55. The molecular weight excluding hydrogens is 206 g/mol. The quantitative estimate of drug-likeness (QED) is 0.701. The average Bonchev–Trinajstić information content (AvgIpc) is 2.87. The molecule has 0 amide bonds. The van der Waals surface area contributed by atoms with E-state index in [1.165, 1.54) is 24.3 Å². The first-order chi connectivity index (χ1) is 7.14. The number of rotatable bonds is 1. The van der Waals surface area contributed by atoms with Gasteiger partial charge >= 0.3 is 0 Å². The van der Waals surface area contributed by atoms with Gasteiger partial charge in [0, 0.05) is 6.04 Å². The number of nitrogens with zero attached hydrogens (tertiary/aromatic N) is 1. The Morgan fingerprint density at radius 2 is 1.93 bits per heavy atom. The Hall–Kier alpha value is -0.240. The van der Waals surface area contributed by atoms with Crippen LogP contribution in [0.2, 0.25) is 0 Å². The van der Waals surface area contributed by atoms with E-state index in [1.807, 2.05) is 18.8 Å². The van der Waals surface area contributed by atoms with E-state index in [0.717, 1.165) is 12.8 Å². The van der Waals surface area contributed by atoms with Crippen LogP contribution in [0, 0.1) is 16.7 Å². The maximum absolute atomic E-state index is 8.87. The Morgan fingerprint density at radius 1 is 1.40 bits per heavy atom. The molecule has 0 aromatic carbocycles. The number of nitrogens with two attached hydrogens (primary N) is 1. The molecule has 1 heterocycles. The summed E-state index contributed by atoms with van der Waals surface area (Å²) < 4.78 is 0. The standard InChI is InChI=1S/C8H12N2S.C3H7N/c1-10-8(4-9)2-7(3-8)5-11-6-7;4-3-1-2-3/h10H,2-3,5-6H2,1H3;3H,1-2,4H2. The Balaban J connectivity index is 0.000000179. The molecule has 1 aliphatic heterocycles. The normalized spacial score (nSPS) is 29.1. The molecule has 3 rings (SSSR count). The van der Waals surface area contributed by atoms with Gasteiger partial charge in [-0.2, -0.15) is 17.0 Å². The van der Waals surface area contributed by atoms with Gasteiger partial charge in [0.25, 0.3) is 0 Å². The molecule has 0 atom stereocenters. The summed E-state index contributed by atoms with van der Waals surface area (Å²) in [6, 6.07) is 2.95. The number of nitrogens with one attached hydrogen (secondary N) is 1. The minimum atomic E-state index is -0.166. The zero-order valence-electron chi connectivity index (χ0n) is 9.25. The van der Waals surface area contributed by atoms with Gasteiger partial charge in [-0.1, -0.05) is 0 Å². The van der Waals surface area contributed by atoms with Crippen molar-refractivity contribution in [1.82, 2.24) is 5.32 Å². The Labute approximate surface area is 95.8 Å². The molecule has 1 spiro atoms. The molecule has 3 nitrogen and oxygen atoms in total. The number of nitriles is 1. The van der Waals surface area contributed by atoms with Crippen molar-refractivity contribution in [1.29, 1.82) is 5.26 Å². The summed E-state index contributed by atoms with van der Waals surface area (Å²) in [5, 5.41) is 12.0. The van der Waals surface area contributed by atoms with E-state index in [9.17, 15) is 0 Å². The predicted octanol–water partition coefficient (Wildman–Crippen LogP) is 1.10. The Kier molecular flexibility index (Phi) is 2.98. The topological polar surface area (TPSA) is 61.8 Å². The molecule has 0 aromatic rings. The summed E-state index contributed by atoms with van der Waals surface area (Å²) in [6.07, 6.45) is 4.67. The lowest BCUT2D eigenvalue weighted by Crippen LogP contribution is -2.63. The van der Waals surface area contributed by atoms with Crippen LogP contribution in [0.1, 0.15) is 25.7 Å².